The number of nitrogens with zero attached hydrogens (tertiary/aromatic N) is 1. The molecule has 1 N–H and O–H groups in total. The minimum Gasteiger partial charge on any atom is -0.382 e. The first-order valence-corrected chi connectivity index (χ1v) is 6.56. The number of hydrogen-bond acceptors (Lipinski definition) is 2. The lowest BCUT2D eigenvalue weighted by Gasteiger charge is -2.29. The maximum absolute atomic E-state index is 8.87. The van der Waals surface area contributed by atoms with E-state index in [0.717, 1.165) is 17.2 Å². The van der Waals surface area contributed by atoms with Gasteiger partial charge in [-0.05, 0) is 43.9 Å². The van der Waals surface area contributed by atoms with Crippen LogP contribution < -0.4 is 5.32 Å². The largest absolute Gasteiger partial charge is 0.382 e. The summed E-state index contributed by atoms with van der Waals surface area (Å²) < 4.78 is 0. The highest BCUT2D eigenvalue weighted by Gasteiger charge is 2.19. The molecule has 2 nitrogen and oxygen atoms in total. The lowest BCUT2D eigenvalue weighted by molar-refractivity contribution is 0.328. The van der Waals surface area contributed by atoms with Gasteiger partial charge in [-0.25, -0.2) is 0 Å². The van der Waals surface area contributed by atoms with Crippen molar-refractivity contribution in [2.45, 2.75) is 45.1 Å². The monoisotopic (exact) mass is 228 g/mol. The van der Waals surface area contributed by atoms with E-state index in [9.17, 15) is 0 Å². The van der Waals surface area contributed by atoms with Crippen molar-refractivity contribution in [1.82, 2.24) is 0 Å². The molecule has 1 aromatic carbocycles. The summed E-state index contributed by atoms with van der Waals surface area (Å²) in [5.41, 5.74) is 1.80. The predicted molar refractivity (Wildman–Crippen MR) is 70.8 cm³/mol. The Kier molecular flexibility index (Phi) is 4.03. The average Bonchev–Trinajstić information content (AvgIpc) is 2.40. The summed E-state index contributed by atoms with van der Waals surface area (Å²) >= 11 is 0. The zero-order valence-corrected chi connectivity index (χ0v) is 10.4. The molecule has 0 saturated heterocycles. The van der Waals surface area contributed by atoms with Gasteiger partial charge in [0.15, 0.2) is 0 Å². The lowest BCUT2D eigenvalue weighted by atomic mass is 9.84. The van der Waals surface area contributed by atoms with Crippen LogP contribution in [0.25, 0.3) is 0 Å². The van der Waals surface area contributed by atoms with Crippen molar-refractivity contribution in [1.29, 1.82) is 5.26 Å². The first kappa shape index (κ1) is 12.0. The molecule has 0 aromatic heterocycles. The molecule has 1 atom stereocenters. The lowest BCUT2D eigenvalue weighted by Crippen LogP contribution is -2.27. The fourth-order valence-corrected chi connectivity index (χ4v) is 2.69. The summed E-state index contributed by atoms with van der Waals surface area (Å²) in [5.74, 6) is 0.787. The molecule has 1 aliphatic rings. The number of benzene rings is 1. The smallest absolute Gasteiger partial charge is 0.0992 e. The van der Waals surface area contributed by atoms with Crippen molar-refractivity contribution in [3.63, 3.8) is 0 Å². The van der Waals surface area contributed by atoms with Crippen molar-refractivity contribution in [3.8, 4) is 6.07 Å². The molecule has 17 heavy (non-hydrogen) atoms. The van der Waals surface area contributed by atoms with E-state index in [1.165, 1.54) is 32.1 Å². The molecule has 0 bridgehead atoms. The van der Waals surface area contributed by atoms with Crippen LogP contribution in [0.2, 0.25) is 0 Å². The molecule has 0 amide bonds. The molecule has 1 aromatic rings. The van der Waals surface area contributed by atoms with Crippen molar-refractivity contribution in [3.05, 3.63) is 29.8 Å². The van der Waals surface area contributed by atoms with Crippen LogP contribution in [0, 0.1) is 17.2 Å². The highest BCUT2D eigenvalue weighted by Crippen LogP contribution is 2.28. The van der Waals surface area contributed by atoms with Gasteiger partial charge in [-0.15, -0.1) is 0 Å². The molecule has 1 fully saturated rings. The second-order valence-corrected chi connectivity index (χ2v) is 5.02. The Morgan fingerprint density at radius 1 is 1.29 bits per heavy atom. The van der Waals surface area contributed by atoms with E-state index in [0.29, 0.717) is 6.04 Å². The third-order valence-corrected chi connectivity index (χ3v) is 3.74. The Balaban J connectivity index is 1.97. The Bertz CT molecular complexity index is 400. The van der Waals surface area contributed by atoms with Crippen molar-refractivity contribution in [2.24, 2.45) is 5.92 Å². The van der Waals surface area contributed by atoms with Gasteiger partial charge in [0.1, 0.15) is 0 Å². The molecule has 0 heterocycles. The molecule has 0 aliphatic heterocycles. The second kappa shape index (κ2) is 5.72. The van der Waals surface area contributed by atoms with Crippen LogP contribution in [-0.4, -0.2) is 6.04 Å². The summed E-state index contributed by atoms with van der Waals surface area (Å²) in [4.78, 5) is 0. The van der Waals surface area contributed by atoms with Crippen LogP contribution in [0.1, 0.15) is 44.6 Å². The van der Waals surface area contributed by atoms with Crippen molar-refractivity contribution >= 4 is 5.69 Å². The number of nitrogens with one attached hydrogen (secondary N) is 1. The molecule has 2 heteroatoms. The zero-order valence-electron chi connectivity index (χ0n) is 10.4. The van der Waals surface area contributed by atoms with Gasteiger partial charge in [0.05, 0.1) is 11.6 Å². The van der Waals surface area contributed by atoms with Gasteiger partial charge in [0, 0.05) is 11.7 Å². The van der Waals surface area contributed by atoms with Crippen LogP contribution in [0.4, 0.5) is 5.69 Å². The summed E-state index contributed by atoms with van der Waals surface area (Å²) in [6, 6.07) is 10.4. The van der Waals surface area contributed by atoms with E-state index in [1.54, 1.807) is 0 Å². The first-order valence-electron chi connectivity index (χ1n) is 6.56. The van der Waals surface area contributed by atoms with Crippen LogP contribution >= 0.6 is 0 Å². The fourth-order valence-electron chi connectivity index (χ4n) is 2.69. The third-order valence-electron chi connectivity index (χ3n) is 3.74. The molecule has 1 aliphatic carbocycles. The molecule has 2 rings (SSSR count). The van der Waals surface area contributed by atoms with Crippen LogP contribution in [0.15, 0.2) is 24.3 Å². The van der Waals surface area contributed by atoms with E-state index in [4.69, 9.17) is 5.26 Å². The summed E-state index contributed by atoms with van der Waals surface area (Å²) in [6.45, 7) is 2.26. The summed E-state index contributed by atoms with van der Waals surface area (Å²) in [5, 5.41) is 12.4. The van der Waals surface area contributed by atoms with E-state index >= 15 is 0 Å². The number of hydrogen-bond donors (Lipinski definition) is 1. The van der Waals surface area contributed by atoms with Gasteiger partial charge in [0.2, 0.25) is 0 Å². The highest BCUT2D eigenvalue weighted by atomic mass is 14.9. The summed E-state index contributed by atoms with van der Waals surface area (Å²) in [6.07, 6.45) is 6.81. The Morgan fingerprint density at radius 2 is 2.06 bits per heavy atom. The Hall–Kier alpha value is -1.49. The quantitative estimate of drug-likeness (QED) is 0.850. The third kappa shape index (κ3) is 3.23. The number of rotatable bonds is 3. The highest BCUT2D eigenvalue weighted by molar-refractivity contribution is 5.49. The number of anilines is 1. The van der Waals surface area contributed by atoms with Gasteiger partial charge in [-0.3, -0.25) is 0 Å². The van der Waals surface area contributed by atoms with E-state index < -0.39 is 0 Å². The van der Waals surface area contributed by atoms with Gasteiger partial charge >= 0.3 is 0 Å². The fraction of sp³-hybridized carbons (Fsp3) is 0.533. The van der Waals surface area contributed by atoms with E-state index in [2.05, 4.69) is 18.3 Å². The van der Waals surface area contributed by atoms with E-state index in [1.807, 2.05) is 24.3 Å². The van der Waals surface area contributed by atoms with Crippen LogP contribution in [0.3, 0.4) is 0 Å². The molecule has 1 saturated carbocycles. The van der Waals surface area contributed by atoms with Crippen molar-refractivity contribution in [2.75, 3.05) is 5.32 Å². The minimum absolute atomic E-state index is 0.504. The van der Waals surface area contributed by atoms with Gasteiger partial charge in [0.25, 0.3) is 0 Å². The van der Waals surface area contributed by atoms with Gasteiger partial charge in [-0.1, -0.05) is 25.3 Å². The summed E-state index contributed by atoms with van der Waals surface area (Å²) in [7, 11) is 0. The van der Waals surface area contributed by atoms with Gasteiger partial charge < -0.3 is 5.32 Å². The predicted octanol–water partition coefficient (Wildman–Crippen LogP) is 3.94. The zero-order chi connectivity index (χ0) is 12.1. The molecular weight excluding hydrogens is 208 g/mol. The Labute approximate surface area is 104 Å². The first-order chi connectivity index (χ1) is 8.29. The van der Waals surface area contributed by atoms with Crippen LogP contribution in [-0.2, 0) is 0 Å². The molecular formula is C15H20N2. The Morgan fingerprint density at radius 3 is 2.76 bits per heavy atom. The average molecular weight is 228 g/mol. The SMILES string of the molecule is CC(Nc1cccc(C#N)c1)C1CCCCC1. The maximum atomic E-state index is 8.87. The maximum Gasteiger partial charge on any atom is 0.0992 e. The van der Waals surface area contributed by atoms with Crippen LogP contribution in [0.5, 0.6) is 0 Å². The molecule has 0 radical (unpaired) electrons. The topological polar surface area (TPSA) is 35.8 Å². The molecule has 0 spiro atoms. The normalized spacial score (nSPS) is 18.4. The standard InChI is InChI=1S/C15H20N2/c1-12(14-7-3-2-4-8-14)17-15-9-5-6-13(10-15)11-16/h5-6,9-10,12,14,17H,2-4,7-8H2,1H3. The minimum atomic E-state index is 0.504. The number of nitriles is 1. The molecule has 90 valence electrons. The molecule has 1 unspecified atom stereocenters. The van der Waals surface area contributed by atoms with Crippen molar-refractivity contribution < 1.29 is 0 Å². The second-order valence-electron chi connectivity index (χ2n) is 5.02. The van der Waals surface area contributed by atoms with Gasteiger partial charge in [-0.2, -0.15) is 5.26 Å². The van der Waals surface area contributed by atoms with E-state index in [-0.39, 0.29) is 0 Å².